The molecule has 2 heterocycles. The van der Waals surface area contributed by atoms with E-state index in [0.717, 1.165) is 16.3 Å². The van der Waals surface area contributed by atoms with Crippen molar-refractivity contribution in [2.45, 2.75) is 32.3 Å². The van der Waals surface area contributed by atoms with Crippen molar-refractivity contribution in [1.29, 1.82) is 0 Å². The second-order valence-electron chi connectivity index (χ2n) is 7.51. The predicted molar refractivity (Wildman–Crippen MR) is 99.1 cm³/mol. The fraction of sp³-hybridized carbons (Fsp3) is 0.368. The van der Waals surface area contributed by atoms with Gasteiger partial charge in [-0.1, -0.05) is 12.1 Å². The number of fused-ring (bicyclic) bond motifs is 2. The van der Waals surface area contributed by atoms with Crippen LogP contribution in [0.25, 0.3) is 10.8 Å². The van der Waals surface area contributed by atoms with E-state index in [2.05, 4.69) is 5.48 Å². The fourth-order valence-electron chi connectivity index (χ4n) is 3.56. The lowest BCUT2D eigenvalue weighted by Gasteiger charge is -2.26. The van der Waals surface area contributed by atoms with Crippen LogP contribution in [0.2, 0.25) is 0 Å². The number of hydrogen-bond acceptors (Lipinski definition) is 4. The molecule has 0 unspecified atom stereocenters. The van der Waals surface area contributed by atoms with E-state index in [-0.39, 0.29) is 11.8 Å². The molecule has 136 valence electrons. The summed E-state index contributed by atoms with van der Waals surface area (Å²) in [5.74, 6) is 0.538. The van der Waals surface area contributed by atoms with Gasteiger partial charge in [-0.3, -0.25) is 9.69 Å². The Hall–Kier alpha value is -2.47. The summed E-state index contributed by atoms with van der Waals surface area (Å²) in [6, 6.07) is 7.29. The summed E-state index contributed by atoms with van der Waals surface area (Å²) >= 11 is 6.21. The maximum atomic E-state index is 12.7. The van der Waals surface area contributed by atoms with Gasteiger partial charge in [-0.15, -0.1) is 11.6 Å². The smallest absolute Gasteiger partial charge is 0.414 e. The van der Waals surface area contributed by atoms with E-state index in [1.165, 1.54) is 0 Å². The van der Waals surface area contributed by atoms with Gasteiger partial charge in [-0.05, 0) is 37.8 Å². The molecule has 2 aliphatic heterocycles. The molecule has 1 atom stereocenters. The molecule has 0 aromatic heterocycles. The van der Waals surface area contributed by atoms with Gasteiger partial charge in [0.05, 0.1) is 11.3 Å². The van der Waals surface area contributed by atoms with E-state index in [0.29, 0.717) is 29.4 Å². The van der Waals surface area contributed by atoms with E-state index >= 15 is 0 Å². The lowest BCUT2D eigenvalue weighted by molar-refractivity contribution is 0.0581. The summed E-state index contributed by atoms with van der Waals surface area (Å²) in [5.41, 5.74) is 4.01. The number of alkyl halides is 1. The van der Waals surface area contributed by atoms with E-state index in [9.17, 15) is 9.59 Å². The van der Waals surface area contributed by atoms with Crippen LogP contribution in [0, 0.1) is 0 Å². The van der Waals surface area contributed by atoms with Gasteiger partial charge in [0, 0.05) is 29.8 Å². The molecule has 7 heteroatoms. The van der Waals surface area contributed by atoms with E-state index in [1.54, 1.807) is 17.0 Å². The summed E-state index contributed by atoms with van der Waals surface area (Å²) in [6.45, 7) is 5.92. The van der Waals surface area contributed by atoms with Crippen molar-refractivity contribution in [3.63, 3.8) is 0 Å². The van der Waals surface area contributed by atoms with Gasteiger partial charge in [0.25, 0.3) is 5.91 Å². The molecule has 0 bridgehead atoms. The number of carbonyl (C=O) groups excluding carboxylic acids is 2. The maximum Gasteiger partial charge on any atom is 0.414 e. The molecule has 2 aromatic rings. The number of ether oxygens (including phenoxy) is 1. The number of nitrogens with one attached hydrogen (secondary N) is 1. The van der Waals surface area contributed by atoms with Crippen molar-refractivity contribution in [2.75, 3.05) is 17.3 Å². The van der Waals surface area contributed by atoms with Gasteiger partial charge < -0.3 is 9.57 Å². The highest BCUT2D eigenvalue weighted by molar-refractivity contribution is 6.19. The summed E-state index contributed by atoms with van der Waals surface area (Å²) in [7, 11) is 0. The minimum atomic E-state index is -0.598. The van der Waals surface area contributed by atoms with Crippen LogP contribution in [0.3, 0.4) is 0 Å². The van der Waals surface area contributed by atoms with Crippen molar-refractivity contribution in [2.24, 2.45) is 0 Å². The van der Waals surface area contributed by atoms with Crippen molar-refractivity contribution >= 4 is 40.1 Å². The molecule has 6 nitrogen and oxygen atoms in total. The Morgan fingerprint density at radius 1 is 1.42 bits per heavy atom. The molecule has 4 rings (SSSR count). The van der Waals surface area contributed by atoms with Gasteiger partial charge in [-0.2, -0.15) is 5.48 Å². The third-order valence-corrected chi connectivity index (χ3v) is 4.92. The molecule has 0 fully saturated rings. The average Bonchev–Trinajstić information content (AvgIpc) is 2.95. The molecule has 26 heavy (non-hydrogen) atoms. The average molecular weight is 375 g/mol. The highest BCUT2D eigenvalue weighted by Crippen LogP contribution is 2.47. The quantitative estimate of drug-likeness (QED) is 0.767. The number of hydroxylamine groups is 1. The standard InChI is InChI=1S/C19H19ClN2O4/c1-19(2,3)25-18(24)22-9-10(8-20)15-11-5-4-6-12-16(11)14(7-13(15)22)26-21-17(12)23/h4-7,10H,8-9H2,1-3H3,(H,21,23)/t10-/m0/s1. The third kappa shape index (κ3) is 2.56. The van der Waals surface area contributed by atoms with Gasteiger partial charge in [0.15, 0.2) is 5.75 Å². The number of rotatable bonds is 1. The molecule has 2 aliphatic rings. The first-order valence-corrected chi connectivity index (χ1v) is 8.97. The highest BCUT2D eigenvalue weighted by Gasteiger charge is 2.38. The van der Waals surface area contributed by atoms with Crippen LogP contribution in [0.4, 0.5) is 10.5 Å². The molecule has 2 aromatic carbocycles. The minimum absolute atomic E-state index is 0.0477. The van der Waals surface area contributed by atoms with Crippen LogP contribution >= 0.6 is 11.6 Å². The zero-order valence-electron chi connectivity index (χ0n) is 14.8. The fourth-order valence-corrected chi connectivity index (χ4v) is 3.81. The number of benzene rings is 2. The first-order chi connectivity index (χ1) is 12.3. The summed E-state index contributed by atoms with van der Waals surface area (Å²) in [5, 5.41) is 1.62. The summed E-state index contributed by atoms with van der Waals surface area (Å²) < 4.78 is 5.55. The SMILES string of the molecule is CC(C)(C)OC(=O)N1C[C@H](CCl)c2c1cc1c3c(cccc23)C(=O)NO1. The first-order valence-electron chi connectivity index (χ1n) is 8.43. The van der Waals surface area contributed by atoms with Crippen LogP contribution < -0.4 is 15.2 Å². The molecule has 0 aliphatic carbocycles. The third-order valence-electron chi connectivity index (χ3n) is 4.55. The Balaban J connectivity index is 1.91. The molecular weight excluding hydrogens is 356 g/mol. The highest BCUT2D eigenvalue weighted by atomic mass is 35.5. The Kier molecular flexibility index (Phi) is 3.77. The second kappa shape index (κ2) is 5.77. The molecule has 0 saturated heterocycles. The normalized spacial score (nSPS) is 18.4. The molecule has 0 spiro atoms. The van der Waals surface area contributed by atoms with Gasteiger partial charge >= 0.3 is 6.09 Å². The predicted octanol–water partition coefficient (Wildman–Crippen LogP) is 3.95. The Morgan fingerprint density at radius 3 is 2.88 bits per heavy atom. The first kappa shape index (κ1) is 17.0. The number of carbonyl (C=O) groups is 2. The Bertz CT molecular complexity index is 935. The molecular formula is C19H19ClN2O4. The Labute approximate surface area is 156 Å². The number of nitrogens with zero attached hydrogens (tertiary/aromatic N) is 1. The number of halogens is 1. The molecule has 1 N–H and O–H groups in total. The lowest BCUT2D eigenvalue weighted by atomic mass is 9.92. The van der Waals surface area contributed by atoms with Crippen LogP contribution in [0.15, 0.2) is 24.3 Å². The zero-order valence-corrected chi connectivity index (χ0v) is 15.5. The maximum absolute atomic E-state index is 12.7. The van der Waals surface area contributed by atoms with E-state index in [4.69, 9.17) is 21.2 Å². The van der Waals surface area contributed by atoms with Crippen molar-refractivity contribution < 1.29 is 19.2 Å². The largest absolute Gasteiger partial charge is 0.443 e. The van der Waals surface area contributed by atoms with Crippen LogP contribution in [0.1, 0.15) is 42.6 Å². The van der Waals surface area contributed by atoms with Crippen molar-refractivity contribution in [3.8, 4) is 5.75 Å². The molecule has 2 amide bonds. The monoisotopic (exact) mass is 374 g/mol. The van der Waals surface area contributed by atoms with Gasteiger partial charge in [0.1, 0.15) is 5.60 Å². The lowest BCUT2D eigenvalue weighted by Crippen LogP contribution is -2.36. The summed E-state index contributed by atoms with van der Waals surface area (Å²) in [4.78, 5) is 31.8. The van der Waals surface area contributed by atoms with Crippen LogP contribution in [-0.2, 0) is 4.74 Å². The minimum Gasteiger partial charge on any atom is -0.443 e. The second-order valence-corrected chi connectivity index (χ2v) is 7.82. The summed E-state index contributed by atoms with van der Waals surface area (Å²) in [6.07, 6.45) is -0.422. The van der Waals surface area contributed by atoms with E-state index in [1.807, 2.05) is 32.9 Å². The molecule has 0 radical (unpaired) electrons. The van der Waals surface area contributed by atoms with E-state index < -0.39 is 11.7 Å². The number of anilines is 1. The van der Waals surface area contributed by atoms with Crippen LogP contribution in [-0.4, -0.2) is 30.0 Å². The number of amides is 2. The van der Waals surface area contributed by atoms with Gasteiger partial charge in [-0.25, -0.2) is 4.79 Å². The van der Waals surface area contributed by atoms with Crippen LogP contribution in [0.5, 0.6) is 5.75 Å². The molecule has 0 saturated carbocycles. The Morgan fingerprint density at radius 2 is 2.19 bits per heavy atom. The van der Waals surface area contributed by atoms with Gasteiger partial charge in [0.2, 0.25) is 0 Å². The number of hydrogen-bond donors (Lipinski definition) is 1. The van der Waals surface area contributed by atoms with Crippen molar-refractivity contribution in [3.05, 3.63) is 35.4 Å². The topological polar surface area (TPSA) is 67.9 Å². The van der Waals surface area contributed by atoms with Crippen molar-refractivity contribution in [1.82, 2.24) is 5.48 Å². The zero-order chi connectivity index (χ0) is 18.6.